The van der Waals surface area contributed by atoms with Gasteiger partial charge in [0.1, 0.15) is 11.6 Å². The molecule has 7 heteroatoms. The second-order valence-corrected chi connectivity index (χ2v) is 7.75. The highest BCUT2D eigenvalue weighted by Gasteiger charge is 2.29. The van der Waals surface area contributed by atoms with Crippen LogP contribution in [0.5, 0.6) is 5.75 Å². The van der Waals surface area contributed by atoms with Gasteiger partial charge in [-0.1, -0.05) is 23.7 Å². The van der Waals surface area contributed by atoms with Crippen LogP contribution < -0.4 is 15.4 Å². The van der Waals surface area contributed by atoms with Gasteiger partial charge in [-0.15, -0.1) is 0 Å². The molecule has 0 aromatic heterocycles. The van der Waals surface area contributed by atoms with Crippen molar-refractivity contribution >= 4 is 23.2 Å². The fourth-order valence-corrected chi connectivity index (χ4v) is 3.84. The van der Waals surface area contributed by atoms with Gasteiger partial charge in [-0.2, -0.15) is 0 Å². The van der Waals surface area contributed by atoms with Crippen molar-refractivity contribution in [2.75, 3.05) is 25.0 Å². The molecule has 148 valence electrons. The van der Waals surface area contributed by atoms with Crippen molar-refractivity contribution in [3.63, 3.8) is 0 Å². The Bertz CT molecular complexity index is 838. The molecule has 4 rings (SSSR count). The van der Waals surface area contributed by atoms with Crippen molar-refractivity contribution in [1.82, 2.24) is 10.2 Å². The number of fused-ring (bicyclic) bond motifs is 1. The molecular formula is C21H23ClFN3O2. The van der Waals surface area contributed by atoms with Crippen LogP contribution in [-0.2, 0) is 11.3 Å². The topological polar surface area (TPSA) is 53.6 Å². The number of likely N-dealkylation sites (tertiary alicyclic amines) is 1. The predicted molar refractivity (Wildman–Crippen MR) is 107 cm³/mol. The first kappa shape index (κ1) is 19.0. The summed E-state index contributed by atoms with van der Waals surface area (Å²) >= 11 is 5.98. The zero-order chi connectivity index (χ0) is 19.5. The van der Waals surface area contributed by atoms with Gasteiger partial charge in [0.25, 0.3) is 5.91 Å². The summed E-state index contributed by atoms with van der Waals surface area (Å²) in [7, 11) is 0. The number of carbonyl (C=O) groups excluding carboxylic acids is 1. The van der Waals surface area contributed by atoms with Gasteiger partial charge in [-0.3, -0.25) is 9.69 Å². The molecule has 2 aromatic rings. The molecule has 2 N–H and O–H groups in total. The molecule has 2 aromatic carbocycles. The number of hydrogen-bond donors (Lipinski definition) is 2. The molecule has 0 spiro atoms. The highest BCUT2D eigenvalue weighted by molar-refractivity contribution is 6.30. The van der Waals surface area contributed by atoms with Crippen LogP contribution in [0.4, 0.5) is 10.1 Å². The third-order valence-electron chi connectivity index (χ3n) is 5.23. The maximum Gasteiger partial charge on any atom is 0.263 e. The van der Waals surface area contributed by atoms with Crippen LogP contribution in [0.1, 0.15) is 18.4 Å². The first-order chi connectivity index (χ1) is 13.6. The van der Waals surface area contributed by atoms with Gasteiger partial charge >= 0.3 is 0 Å². The van der Waals surface area contributed by atoms with Gasteiger partial charge in [0, 0.05) is 30.7 Å². The van der Waals surface area contributed by atoms with Gasteiger partial charge in [-0.25, -0.2) is 4.39 Å². The Balaban J connectivity index is 1.25. The lowest BCUT2D eigenvalue weighted by Crippen LogP contribution is -2.51. The first-order valence-corrected chi connectivity index (χ1v) is 9.92. The van der Waals surface area contributed by atoms with Crippen LogP contribution in [0.3, 0.4) is 0 Å². The third-order valence-corrected chi connectivity index (χ3v) is 5.47. The largest absolute Gasteiger partial charge is 0.477 e. The van der Waals surface area contributed by atoms with E-state index in [0.717, 1.165) is 43.7 Å². The van der Waals surface area contributed by atoms with Gasteiger partial charge in [0.15, 0.2) is 6.10 Å². The molecule has 1 saturated heterocycles. The van der Waals surface area contributed by atoms with E-state index in [0.29, 0.717) is 17.3 Å². The minimum atomic E-state index is -0.550. The number of nitrogens with zero attached hydrogens (tertiary/aromatic N) is 1. The Labute approximate surface area is 168 Å². The Hall–Kier alpha value is -2.31. The Morgan fingerprint density at radius 2 is 1.96 bits per heavy atom. The number of benzene rings is 2. The average molecular weight is 404 g/mol. The van der Waals surface area contributed by atoms with Crippen molar-refractivity contribution in [3.8, 4) is 5.75 Å². The summed E-state index contributed by atoms with van der Waals surface area (Å²) in [5.41, 5.74) is 1.91. The molecule has 0 saturated carbocycles. The Morgan fingerprint density at radius 1 is 1.21 bits per heavy atom. The number of hydrogen-bond acceptors (Lipinski definition) is 4. The number of rotatable bonds is 4. The van der Waals surface area contributed by atoms with Gasteiger partial charge in [-0.05, 0) is 48.7 Å². The molecule has 0 aliphatic carbocycles. The second-order valence-electron chi connectivity index (χ2n) is 7.31. The van der Waals surface area contributed by atoms with Gasteiger partial charge in [0.05, 0.1) is 12.2 Å². The summed E-state index contributed by atoms with van der Waals surface area (Å²) < 4.78 is 18.8. The smallest absolute Gasteiger partial charge is 0.263 e. The summed E-state index contributed by atoms with van der Waals surface area (Å²) in [6.45, 7) is 3.01. The molecule has 2 aliphatic rings. The molecular weight excluding hydrogens is 381 g/mol. The first-order valence-electron chi connectivity index (χ1n) is 9.54. The van der Waals surface area contributed by atoms with E-state index in [1.807, 2.05) is 12.1 Å². The van der Waals surface area contributed by atoms with Crippen LogP contribution >= 0.6 is 11.6 Å². The number of ether oxygens (including phenoxy) is 1. The van der Waals surface area contributed by atoms with E-state index in [9.17, 15) is 9.18 Å². The quantitative estimate of drug-likeness (QED) is 0.821. The maximum atomic E-state index is 13.0. The molecule has 2 heterocycles. The van der Waals surface area contributed by atoms with Crippen LogP contribution in [0.2, 0.25) is 5.02 Å². The number of nitrogens with one attached hydrogen (secondary N) is 2. The molecule has 2 aliphatic heterocycles. The lowest BCUT2D eigenvalue weighted by molar-refractivity contribution is -0.128. The Morgan fingerprint density at radius 3 is 2.71 bits per heavy atom. The minimum absolute atomic E-state index is 0.0925. The molecule has 5 nitrogen and oxygen atoms in total. The zero-order valence-corrected chi connectivity index (χ0v) is 16.2. The number of amides is 1. The normalized spacial score (nSPS) is 20.0. The zero-order valence-electron chi connectivity index (χ0n) is 15.5. The van der Waals surface area contributed by atoms with Crippen LogP contribution in [0.25, 0.3) is 0 Å². The molecule has 1 atom stereocenters. The monoisotopic (exact) mass is 403 g/mol. The molecule has 0 bridgehead atoms. The van der Waals surface area contributed by atoms with E-state index in [1.165, 1.54) is 12.1 Å². The van der Waals surface area contributed by atoms with Crippen molar-refractivity contribution in [2.24, 2.45) is 0 Å². The summed E-state index contributed by atoms with van der Waals surface area (Å²) in [6, 6.07) is 12.1. The van der Waals surface area contributed by atoms with Crippen molar-refractivity contribution in [1.29, 1.82) is 0 Å². The fraction of sp³-hybridized carbons (Fsp3) is 0.381. The van der Waals surface area contributed by atoms with E-state index in [-0.39, 0.29) is 17.8 Å². The van der Waals surface area contributed by atoms with Crippen molar-refractivity contribution in [3.05, 3.63) is 58.9 Å². The molecule has 0 radical (unpaired) electrons. The second kappa shape index (κ2) is 8.37. The Kier molecular flexibility index (Phi) is 5.69. The summed E-state index contributed by atoms with van der Waals surface area (Å²) in [5, 5.41) is 6.95. The number of halogens is 2. The maximum absolute atomic E-state index is 13.0. The lowest BCUT2D eigenvalue weighted by Gasteiger charge is -2.34. The number of piperidine rings is 1. The minimum Gasteiger partial charge on any atom is -0.477 e. The third kappa shape index (κ3) is 4.56. The van der Waals surface area contributed by atoms with Crippen LogP contribution in [0.15, 0.2) is 42.5 Å². The van der Waals surface area contributed by atoms with E-state index < -0.39 is 6.10 Å². The highest BCUT2D eigenvalue weighted by atomic mass is 35.5. The molecule has 1 fully saturated rings. The standard InChI is InChI=1S/C21H23ClFN3O2/c22-15-3-6-19-18(11-15)24-12-20(28-19)21(27)25-17-7-9-26(10-8-17)13-14-1-4-16(23)5-2-14/h1-6,11,17,20,24H,7-10,12-13H2,(H,25,27). The van der Waals surface area contributed by atoms with Gasteiger partial charge < -0.3 is 15.4 Å². The average Bonchev–Trinajstić information content (AvgIpc) is 2.70. The van der Waals surface area contributed by atoms with Crippen LogP contribution in [0, 0.1) is 5.82 Å². The molecule has 1 amide bonds. The highest BCUT2D eigenvalue weighted by Crippen LogP contribution is 2.31. The van der Waals surface area contributed by atoms with Crippen LogP contribution in [-0.4, -0.2) is 42.6 Å². The number of carbonyl (C=O) groups is 1. The van der Waals surface area contributed by atoms with E-state index in [2.05, 4.69) is 15.5 Å². The van der Waals surface area contributed by atoms with Crippen molar-refractivity contribution in [2.45, 2.75) is 31.5 Å². The fourth-order valence-electron chi connectivity index (χ4n) is 3.66. The molecule has 1 unspecified atom stereocenters. The summed E-state index contributed by atoms with van der Waals surface area (Å²) in [6.07, 6.45) is 1.23. The SMILES string of the molecule is O=C(NC1CCN(Cc2ccc(F)cc2)CC1)C1CNc2cc(Cl)ccc2O1. The summed E-state index contributed by atoms with van der Waals surface area (Å²) in [5.74, 6) is 0.338. The lowest BCUT2D eigenvalue weighted by atomic mass is 10.0. The van der Waals surface area contributed by atoms with E-state index in [1.54, 1.807) is 18.2 Å². The van der Waals surface area contributed by atoms with E-state index in [4.69, 9.17) is 16.3 Å². The van der Waals surface area contributed by atoms with Crippen molar-refractivity contribution < 1.29 is 13.9 Å². The van der Waals surface area contributed by atoms with E-state index >= 15 is 0 Å². The predicted octanol–water partition coefficient (Wildman–Crippen LogP) is 3.43. The van der Waals surface area contributed by atoms with Gasteiger partial charge in [0.2, 0.25) is 0 Å². The molecule has 28 heavy (non-hydrogen) atoms. The summed E-state index contributed by atoms with van der Waals surface area (Å²) in [4.78, 5) is 14.9. The number of anilines is 1.